The predicted molar refractivity (Wildman–Crippen MR) is 76.0 cm³/mol. The Hall–Kier alpha value is -2.07. The Morgan fingerprint density at radius 2 is 1.70 bits per heavy atom. The van der Waals surface area contributed by atoms with Gasteiger partial charge in [0.25, 0.3) is 5.91 Å². The van der Waals surface area contributed by atoms with Gasteiger partial charge in [0, 0.05) is 25.5 Å². The maximum atomic E-state index is 12.1. The van der Waals surface area contributed by atoms with Gasteiger partial charge in [-0.3, -0.25) is 9.59 Å². The molecule has 0 aliphatic carbocycles. The van der Waals surface area contributed by atoms with Crippen molar-refractivity contribution in [2.24, 2.45) is 0 Å². The molecule has 2 aromatic rings. The topological polar surface area (TPSA) is 50.5 Å². The predicted octanol–water partition coefficient (Wildman–Crippen LogP) is 3.41. The summed E-state index contributed by atoms with van der Waals surface area (Å²) in [5, 5.41) is 0.653. The van der Waals surface area contributed by atoms with Gasteiger partial charge in [0.05, 0.1) is 0 Å². The summed E-state index contributed by atoms with van der Waals surface area (Å²) in [6.07, 6.45) is 0. The molecule has 0 aliphatic heterocycles. The maximum Gasteiger partial charge on any atom is 0.289 e. The van der Waals surface area contributed by atoms with Crippen LogP contribution >= 0.6 is 11.6 Å². The molecule has 0 fully saturated rings. The van der Waals surface area contributed by atoms with Crippen LogP contribution in [0.4, 0.5) is 0 Å². The molecular formula is C15H14ClNO3. The summed E-state index contributed by atoms with van der Waals surface area (Å²) in [6, 6.07) is 10.3. The number of ketones is 1. The first kappa shape index (κ1) is 14.3. The van der Waals surface area contributed by atoms with Gasteiger partial charge >= 0.3 is 0 Å². The second kappa shape index (κ2) is 5.92. The van der Waals surface area contributed by atoms with Crippen LogP contribution < -0.4 is 0 Å². The minimum atomic E-state index is -0.271. The zero-order valence-electron chi connectivity index (χ0n) is 11.2. The average Bonchev–Trinajstić information content (AvgIpc) is 2.90. The molecule has 5 heteroatoms. The van der Waals surface area contributed by atoms with Gasteiger partial charge in [0.1, 0.15) is 0 Å². The lowest BCUT2D eigenvalue weighted by molar-refractivity contribution is 0.0750. The number of furan rings is 1. The molecule has 0 saturated heterocycles. The number of halogens is 1. The van der Waals surface area contributed by atoms with Gasteiger partial charge in [-0.05, 0) is 29.8 Å². The van der Waals surface area contributed by atoms with Crippen LogP contribution in [0.3, 0.4) is 0 Å². The first-order valence-corrected chi connectivity index (χ1v) is 6.46. The van der Waals surface area contributed by atoms with E-state index in [4.69, 9.17) is 16.0 Å². The molecular weight excluding hydrogens is 278 g/mol. The highest BCUT2D eigenvalue weighted by Crippen LogP contribution is 2.14. The average molecular weight is 292 g/mol. The third kappa shape index (κ3) is 3.27. The first-order valence-electron chi connectivity index (χ1n) is 6.08. The number of carbonyl (C=O) groups is 2. The fourth-order valence-corrected chi connectivity index (χ4v) is 1.89. The number of Topliss-reactive ketones (excluding diaryl/α,β-unsaturated/α-hetero) is 1. The van der Waals surface area contributed by atoms with Crippen molar-refractivity contribution in [3.63, 3.8) is 0 Å². The van der Waals surface area contributed by atoms with Crippen LogP contribution in [0.25, 0.3) is 0 Å². The summed E-state index contributed by atoms with van der Waals surface area (Å²) in [5.74, 6) is -0.128. The van der Waals surface area contributed by atoms with Crippen molar-refractivity contribution in [3.8, 4) is 0 Å². The number of carbonyl (C=O) groups excluding carboxylic acids is 2. The number of amides is 1. The Morgan fingerprint density at radius 3 is 2.25 bits per heavy atom. The zero-order chi connectivity index (χ0) is 14.7. The van der Waals surface area contributed by atoms with E-state index >= 15 is 0 Å². The van der Waals surface area contributed by atoms with E-state index in [9.17, 15) is 9.59 Å². The van der Waals surface area contributed by atoms with E-state index in [0.717, 1.165) is 5.56 Å². The third-order valence-electron chi connectivity index (χ3n) is 2.84. The zero-order valence-corrected chi connectivity index (χ0v) is 12.0. The Labute approximate surface area is 121 Å². The summed E-state index contributed by atoms with van der Waals surface area (Å²) in [6.45, 7) is 1.83. The number of benzene rings is 1. The first-order chi connectivity index (χ1) is 9.47. The summed E-state index contributed by atoms with van der Waals surface area (Å²) < 4.78 is 5.22. The molecule has 1 heterocycles. The fraction of sp³-hybridized carbons (Fsp3) is 0.200. The molecule has 1 aromatic carbocycles. The number of hydrogen-bond donors (Lipinski definition) is 0. The highest BCUT2D eigenvalue weighted by Gasteiger charge is 2.17. The van der Waals surface area contributed by atoms with Gasteiger partial charge in [-0.25, -0.2) is 0 Å². The highest BCUT2D eigenvalue weighted by molar-refractivity contribution is 6.30. The van der Waals surface area contributed by atoms with E-state index in [1.807, 2.05) is 12.1 Å². The number of rotatable bonds is 4. The van der Waals surface area contributed by atoms with E-state index in [1.54, 1.807) is 19.2 Å². The second-order valence-corrected chi connectivity index (χ2v) is 4.94. The molecule has 0 unspecified atom stereocenters. The van der Waals surface area contributed by atoms with E-state index in [1.165, 1.54) is 24.0 Å². The highest BCUT2D eigenvalue weighted by atomic mass is 35.5. The monoisotopic (exact) mass is 291 g/mol. The Kier molecular flexibility index (Phi) is 4.25. The minimum absolute atomic E-state index is 0.159. The van der Waals surface area contributed by atoms with Crippen LogP contribution in [0, 0.1) is 0 Å². The largest absolute Gasteiger partial charge is 0.448 e. The molecule has 0 spiro atoms. The SMILES string of the molecule is CC(=O)c1ccc(C(=O)N(C)Cc2ccc(Cl)cc2)o1. The minimum Gasteiger partial charge on any atom is -0.448 e. The molecule has 2 rings (SSSR count). The van der Waals surface area contributed by atoms with Crippen molar-refractivity contribution >= 4 is 23.3 Å². The normalized spacial score (nSPS) is 10.3. The molecule has 0 saturated carbocycles. The second-order valence-electron chi connectivity index (χ2n) is 4.51. The molecule has 0 radical (unpaired) electrons. The van der Waals surface area contributed by atoms with Crippen LogP contribution in [0.15, 0.2) is 40.8 Å². The quantitative estimate of drug-likeness (QED) is 0.811. The lowest BCUT2D eigenvalue weighted by Gasteiger charge is -2.15. The molecule has 0 atom stereocenters. The fourth-order valence-electron chi connectivity index (χ4n) is 1.77. The lowest BCUT2D eigenvalue weighted by Crippen LogP contribution is -2.25. The van der Waals surface area contributed by atoms with Gasteiger partial charge in [0.2, 0.25) is 0 Å². The molecule has 4 nitrogen and oxygen atoms in total. The summed E-state index contributed by atoms with van der Waals surface area (Å²) >= 11 is 5.81. The lowest BCUT2D eigenvalue weighted by atomic mass is 10.2. The number of nitrogens with zero attached hydrogens (tertiary/aromatic N) is 1. The molecule has 1 amide bonds. The van der Waals surface area contributed by atoms with Crippen LogP contribution in [0.5, 0.6) is 0 Å². The Bertz CT molecular complexity index is 631. The third-order valence-corrected chi connectivity index (χ3v) is 3.10. The van der Waals surface area contributed by atoms with E-state index in [2.05, 4.69) is 0 Å². The van der Waals surface area contributed by atoms with Crippen molar-refractivity contribution in [2.45, 2.75) is 13.5 Å². The Morgan fingerprint density at radius 1 is 1.10 bits per heavy atom. The van der Waals surface area contributed by atoms with Gasteiger partial charge < -0.3 is 9.32 Å². The van der Waals surface area contributed by atoms with E-state index in [-0.39, 0.29) is 23.2 Å². The molecule has 20 heavy (non-hydrogen) atoms. The summed E-state index contributed by atoms with van der Waals surface area (Å²) in [4.78, 5) is 24.8. The van der Waals surface area contributed by atoms with Crippen LogP contribution in [-0.4, -0.2) is 23.6 Å². The van der Waals surface area contributed by atoms with Crippen LogP contribution in [-0.2, 0) is 6.54 Å². The van der Waals surface area contributed by atoms with Crippen molar-refractivity contribution in [1.29, 1.82) is 0 Å². The smallest absolute Gasteiger partial charge is 0.289 e. The van der Waals surface area contributed by atoms with Gasteiger partial charge in [0.15, 0.2) is 17.3 Å². The van der Waals surface area contributed by atoms with Crippen molar-refractivity contribution in [2.75, 3.05) is 7.05 Å². The summed E-state index contributed by atoms with van der Waals surface area (Å²) in [5.41, 5.74) is 0.962. The Balaban J connectivity index is 2.07. The van der Waals surface area contributed by atoms with E-state index < -0.39 is 0 Å². The molecule has 0 N–H and O–H groups in total. The molecule has 1 aromatic heterocycles. The molecule has 0 bridgehead atoms. The maximum absolute atomic E-state index is 12.1. The van der Waals surface area contributed by atoms with Crippen molar-refractivity contribution in [1.82, 2.24) is 4.90 Å². The molecule has 104 valence electrons. The summed E-state index contributed by atoms with van der Waals surface area (Å²) in [7, 11) is 1.67. The standard InChI is InChI=1S/C15H14ClNO3/c1-10(18)13-7-8-14(20-13)15(19)17(2)9-11-3-5-12(16)6-4-11/h3-8H,9H2,1-2H3. The van der Waals surface area contributed by atoms with Gasteiger partial charge in [-0.2, -0.15) is 0 Å². The van der Waals surface area contributed by atoms with Crippen molar-refractivity contribution in [3.05, 3.63) is 58.5 Å². The van der Waals surface area contributed by atoms with Crippen molar-refractivity contribution < 1.29 is 14.0 Å². The molecule has 0 aliphatic rings. The van der Waals surface area contributed by atoms with Crippen LogP contribution in [0.2, 0.25) is 5.02 Å². The van der Waals surface area contributed by atoms with Gasteiger partial charge in [-0.15, -0.1) is 0 Å². The van der Waals surface area contributed by atoms with Gasteiger partial charge in [-0.1, -0.05) is 23.7 Å². The number of hydrogen-bond acceptors (Lipinski definition) is 3. The van der Waals surface area contributed by atoms with Crippen LogP contribution in [0.1, 0.15) is 33.6 Å². The van der Waals surface area contributed by atoms with E-state index in [0.29, 0.717) is 11.6 Å².